The minimum Gasteiger partial charge on any atom is -0.493 e. The van der Waals surface area contributed by atoms with Crippen LogP contribution in [0.5, 0.6) is 11.5 Å². The lowest BCUT2D eigenvalue weighted by atomic mass is 10.1. The lowest BCUT2D eigenvalue weighted by Gasteiger charge is -2.38. The van der Waals surface area contributed by atoms with Gasteiger partial charge in [0.25, 0.3) is 0 Å². The van der Waals surface area contributed by atoms with Crippen molar-refractivity contribution in [2.75, 3.05) is 59.5 Å². The summed E-state index contributed by atoms with van der Waals surface area (Å²) in [5.41, 5.74) is 1.25. The van der Waals surface area contributed by atoms with Crippen LogP contribution in [0.3, 0.4) is 0 Å². The molecular weight excluding hydrogens is 390 g/mol. The highest BCUT2D eigenvalue weighted by Crippen LogP contribution is 2.29. The Balaban J connectivity index is 1.26. The first-order chi connectivity index (χ1) is 15.2. The molecule has 0 spiro atoms. The molecule has 1 saturated carbocycles. The van der Waals surface area contributed by atoms with E-state index in [2.05, 4.69) is 26.8 Å². The van der Waals surface area contributed by atoms with E-state index in [1.54, 1.807) is 7.11 Å². The van der Waals surface area contributed by atoms with Crippen LogP contribution in [-0.2, 0) is 6.54 Å². The van der Waals surface area contributed by atoms with Crippen molar-refractivity contribution in [3.63, 3.8) is 0 Å². The molecule has 174 valence electrons. The molecule has 31 heavy (non-hydrogen) atoms. The first-order valence-corrected chi connectivity index (χ1v) is 12.4. The maximum Gasteiger partial charge on any atom is 0.161 e. The third-order valence-corrected chi connectivity index (χ3v) is 7.23. The van der Waals surface area contributed by atoms with Crippen molar-refractivity contribution in [3.05, 3.63) is 23.8 Å². The molecule has 1 aliphatic carbocycles. The number of likely N-dealkylation sites (tertiary alicyclic amines) is 1. The van der Waals surface area contributed by atoms with Gasteiger partial charge in [0.15, 0.2) is 11.5 Å². The second kappa shape index (κ2) is 11.5. The molecule has 2 heterocycles. The van der Waals surface area contributed by atoms with Crippen LogP contribution in [0.2, 0.25) is 0 Å². The molecule has 1 aromatic carbocycles. The fourth-order valence-electron chi connectivity index (χ4n) is 5.43. The zero-order valence-corrected chi connectivity index (χ0v) is 19.3. The minimum atomic E-state index is -0.477. The number of benzene rings is 1. The van der Waals surface area contributed by atoms with Crippen LogP contribution in [0, 0.1) is 0 Å². The van der Waals surface area contributed by atoms with Crippen LogP contribution in [0.25, 0.3) is 0 Å². The maximum atomic E-state index is 10.5. The van der Waals surface area contributed by atoms with E-state index in [1.165, 1.54) is 63.6 Å². The topological polar surface area (TPSA) is 48.4 Å². The van der Waals surface area contributed by atoms with Crippen LogP contribution < -0.4 is 9.47 Å². The van der Waals surface area contributed by atoms with Crippen molar-refractivity contribution in [1.29, 1.82) is 0 Å². The van der Waals surface area contributed by atoms with E-state index in [4.69, 9.17) is 9.47 Å². The number of nitrogens with zero attached hydrogens (tertiary/aromatic N) is 3. The number of rotatable bonds is 9. The Bertz CT molecular complexity index is 666. The molecule has 1 atom stereocenters. The van der Waals surface area contributed by atoms with Crippen LogP contribution >= 0.6 is 0 Å². The predicted octanol–water partition coefficient (Wildman–Crippen LogP) is 2.98. The third-order valence-electron chi connectivity index (χ3n) is 7.23. The molecule has 0 bridgehead atoms. The molecule has 0 radical (unpaired) electrons. The number of β-amino-alcohol motifs (C(OH)–C–C–N with tert-alkyl or cyclic N) is 1. The van der Waals surface area contributed by atoms with Crippen LogP contribution in [0.1, 0.15) is 50.5 Å². The number of hydrogen-bond donors (Lipinski definition) is 1. The van der Waals surface area contributed by atoms with Crippen LogP contribution in [0.4, 0.5) is 0 Å². The largest absolute Gasteiger partial charge is 0.493 e. The Labute approximate surface area is 188 Å². The number of piperazine rings is 1. The normalized spacial score (nSPS) is 23.2. The summed E-state index contributed by atoms with van der Waals surface area (Å²) in [6.45, 7) is 8.74. The Morgan fingerprint density at radius 3 is 2.35 bits per heavy atom. The van der Waals surface area contributed by atoms with Gasteiger partial charge in [-0.05, 0) is 56.5 Å². The van der Waals surface area contributed by atoms with E-state index >= 15 is 0 Å². The average Bonchev–Trinajstić information content (AvgIpc) is 3.34. The number of aliphatic hydroxyl groups excluding tert-OH is 1. The lowest BCUT2D eigenvalue weighted by Crippen LogP contribution is -2.49. The molecule has 1 aromatic rings. The summed E-state index contributed by atoms with van der Waals surface area (Å²) in [6.07, 6.45) is 8.90. The fourth-order valence-corrected chi connectivity index (χ4v) is 5.43. The average molecular weight is 432 g/mol. The molecule has 6 nitrogen and oxygen atoms in total. The molecule has 0 unspecified atom stereocenters. The molecule has 3 fully saturated rings. The van der Waals surface area contributed by atoms with Gasteiger partial charge >= 0.3 is 0 Å². The molecular formula is C25H41N3O3. The van der Waals surface area contributed by atoms with Crippen LogP contribution in [0.15, 0.2) is 18.2 Å². The van der Waals surface area contributed by atoms with Gasteiger partial charge in [0.1, 0.15) is 12.7 Å². The smallest absolute Gasteiger partial charge is 0.161 e. The van der Waals surface area contributed by atoms with Crippen molar-refractivity contribution in [3.8, 4) is 11.5 Å². The Hall–Kier alpha value is -1.34. The van der Waals surface area contributed by atoms with Crippen LogP contribution in [-0.4, -0.2) is 91.5 Å². The molecule has 6 heteroatoms. The van der Waals surface area contributed by atoms with Crippen molar-refractivity contribution in [2.24, 2.45) is 0 Å². The number of aliphatic hydroxyl groups is 1. The third kappa shape index (κ3) is 6.58. The number of piperidine rings is 1. The van der Waals surface area contributed by atoms with Gasteiger partial charge in [-0.25, -0.2) is 0 Å². The summed E-state index contributed by atoms with van der Waals surface area (Å²) in [6, 6.07) is 7.06. The molecule has 0 amide bonds. The molecule has 3 aliphatic rings. The highest BCUT2D eigenvalue weighted by atomic mass is 16.5. The maximum absolute atomic E-state index is 10.5. The van der Waals surface area contributed by atoms with Gasteiger partial charge in [0.2, 0.25) is 0 Å². The molecule has 2 saturated heterocycles. The fraction of sp³-hybridized carbons (Fsp3) is 0.760. The highest BCUT2D eigenvalue weighted by Gasteiger charge is 2.26. The second-order valence-electron chi connectivity index (χ2n) is 9.56. The first kappa shape index (κ1) is 22.8. The van der Waals surface area contributed by atoms with Gasteiger partial charge in [-0.2, -0.15) is 0 Å². The monoisotopic (exact) mass is 431 g/mol. The van der Waals surface area contributed by atoms with E-state index in [0.29, 0.717) is 13.2 Å². The quantitative estimate of drug-likeness (QED) is 0.649. The summed E-state index contributed by atoms with van der Waals surface area (Å²) in [5, 5.41) is 10.5. The summed E-state index contributed by atoms with van der Waals surface area (Å²) in [4.78, 5) is 7.59. The Morgan fingerprint density at radius 1 is 0.903 bits per heavy atom. The molecule has 1 N–H and O–H groups in total. The SMILES string of the molecule is COc1ccc(CN2CCN(C3CCCC3)CC2)cc1OC[C@H](O)CN1CCCCC1. The summed E-state index contributed by atoms with van der Waals surface area (Å²) in [5.74, 6) is 1.47. The molecule has 2 aliphatic heterocycles. The van der Waals surface area contributed by atoms with Crippen molar-refractivity contribution < 1.29 is 14.6 Å². The second-order valence-corrected chi connectivity index (χ2v) is 9.56. The highest BCUT2D eigenvalue weighted by molar-refractivity contribution is 5.43. The summed E-state index contributed by atoms with van der Waals surface area (Å²) >= 11 is 0. The van der Waals surface area contributed by atoms with Crippen molar-refractivity contribution in [2.45, 2.75) is 63.6 Å². The minimum absolute atomic E-state index is 0.302. The van der Waals surface area contributed by atoms with Gasteiger partial charge in [0.05, 0.1) is 7.11 Å². The van der Waals surface area contributed by atoms with E-state index in [-0.39, 0.29) is 0 Å². The standard InChI is InChI=1S/C25H41N3O3/c1-30-24-10-9-21(18-27-13-15-28(16-14-27)22-7-3-4-8-22)17-25(24)31-20-23(29)19-26-11-5-2-6-12-26/h9-10,17,22-23,29H,2-8,11-16,18-20H2,1H3/t23-/m1/s1. The van der Waals surface area contributed by atoms with E-state index in [1.807, 2.05) is 6.07 Å². The van der Waals surface area contributed by atoms with E-state index < -0.39 is 6.10 Å². The van der Waals surface area contributed by atoms with Crippen molar-refractivity contribution >= 4 is 0 Å². The summed E-state index contributed by atoms with van der Waals surface area (Å²) < 4.78 is 11.5. The van der Waals surface area contributed by atoms with Gasteiger partial charge in [0, 0.05) is 45.3 Å². The summed E-state index contributed by atoms with van der Waals surface area (Å²) in [7, 11) is 1.67. The first-order valence-electron chi connectivity index (χ1n) is 12.4. The van der Waals surface area contributed by atoms with Gasteiger partial charge in [-0.15, -0.1) is 0 Å². The zero-order valence-electron chi connectivity index (χ0n) is 19.3. The zero-order chi connectivity index (χ0) is 21.5. The molecule has 4 rings (SSSR count). The number of methoxy groups -OCH3 is 1. The Morgan fingerprint density at radius 2 is 1.65 bits per heavy atom. The molecule has 0 aromatic heterocycles. The van der Waals surface area contributed by atoms with Gasteiger partial charge in [-0.3, -0.25) is 9.80 Å². The number of ether oxygens (including phenoxy) is 2. The predicted molar refractivity (Wildman–Crippen MR) is 124 cm³/mol. The van der Waals surface area contributed by atoms with E-state index in [0.717, 1.165) is 50.3 Å². The van der Waals surface area contributed by atoms with Gasteiger partial charge < -0.3 is 19.5 Å². The lowest BCUT2D eigenvalue weighted by molar-refractivity contribution is 0.0607. The van der Waals surface area contributed by atoms with Gasteiger partial charge in [-0.1, -0.05) is 25.3 Å². The van der Waals surface area contributed by atoms with Crippen molar-refractivity contribution in [1.82, 2.24) is 14.7 Å². The number of hydrogen-bond acceptors (Lipinski definition) is 6. The van der Waals surface area contributed by atoms with E-state index in [9.17, 15) is 5.11 Å². The Kier molecular flexibility index (Phi) is 8.48.